The molecule has 6 heteroatoms. The van der Waals surface area contributed by atoms with Crippen molar-refractivity contribution in [3.63, 3.8) is 0 Å². The van der Waals surface area contributed by atoms with E-state index >= 15 is 0 Å². The highest BCUT2D eigenvalue weighted by Gasteiger charge is 2.23. The van der Waals surface area contributed by atoms with Gasteiger partial charge >= 0.3 is 0 Å². The number of hydrogen-bond acceptors (Lipinski definition) is 3. The number of nitro benzene ring substituents is 1. The van der Waals surface area contributed by atoms with E-state index in [2.05, 4.69) is 5.32 Å². The molecule has 2 atom stereocenters. The average Bonchev–Trinajstić information content (AvgIpc) is 2.45. The van der Waals surface area contributed by atoms with Crippen LogP contribution in [0.1, 0.15) is 36.0 Å². The number of nitrogens with one attached hydrogen (secondary N) is 1. The summed E-state index contributed by atoms with van der Waals surface area (Å²) in [6.45, 7) is 0.522. The van der Waals surface area contributed by atoms with Crippen molar-refractivity contribution in [2.75, 3.05) is 6.54 Å². The maximum atomic E-state index is 12.0. The Balaban J connectivity index is 1.97. The second-order valence-electron chi connectivity index (χ2n) is 5.11. The van der Waals surface area contributed by atoms with Gasteiger partial charge in [-0.3, -0.25) is 14.9 Å². The van der Waals surface area contributed by atoms with E-state index in [0.29, 0.717) is 12.5 Å². The Kier molecular flexibility index (Phi) is 4.95. The SMILES string of the molecule is O=C(NCC1CCCC(Cl)C1)c1ccccc1[N+](=O)[O-]. The smallest absolute Gasteiger partial charge is 0.282 e. The number of amides is 1. The molecule has 2 unspecified atom stereocenters. The monoisotopic (exact) mass is 296 g/mol. The lowest BCUT2D eigenvalue weighted by atomic mass is 9.89. The molecule has 1 aliphatic carbocycles. The summed E-state index contributed by atoms with van der Waals surface area (Å²) in [7, 11) is 0. The number of hydrogen-bond donors (Lipinski definition) is 1. The highest BCUT2D eigenvalue weighted by atomic mass is 35.5. The van der Waals surface area contributed by atoms with Crippen LogP contribution >= 0.6 is 11.6 Å². The van der Waals surface area contributed by atoms with Gasteiger partial charge in [-0.15, -0.1) is 11.6 Å². The Hall–Kier alpha value is -1.62. The lowest BCUT2D eigenvalue weighted by molar-refractivity contribution is -0.385. The molecule has 0 aromatic heterocycles. The Morgan fingerprint density at radius 3 is 2.85 bits per heavy atom. The Bertz CT molecular complexity index is 507. The molecule has 0 radical (unpaired) electrons. The van der Waals surface area contributed by atoms with E-state index in [9.17, 15) is 14.9 Å². The van der Waals surface area contributed by atoms with Crippen LogP contribution < -0.4 is 5.32 Å². The largest absolute Gasteiger partial charge is 0.352 e. The molecular weight excluding hydrogens is 280 g/mol. The number of nitro groups is 1. The minimum Gasteiger partial charge on any atom is -0.352 e. The Morgan fingerprint density at radius 1 is 1.40 bits per heavy atom. The molecule has 1 amide bonds. The van der Waals surface area contributed by atoms with Gasteiger partial charge in [0.05, 0.1) is 4.92 Å². The first-order valence-corrected chi connectivity index (χ1v) is 7.17. The van der Waals surface area contributed by atoms with Gasteiger partial charge in [-0.1, -0.05) is 18.6 Å². The van der Waals surface area contributed by atoms with Crippen molar-refractivity contribution in [1.82, 2.24) is 5.32 Å². The Labute approximate surface area is 122 Å². The minimum absolute atomic E-state index is 0.107. The number of carbonyl (C=O) groups is 1. The van der Waals surface area contributed by atoms with Gasteiger partial charge < -0.3 is 5.32 Å². The predicted octanol–water partition coefficient (Wildman–Crippen LogP) is 3.12. The molecule has 0 bridgehead atoms. The van der Waals surface area contributed by atoms with Crippen LogP contribution in [0, 0.1) is 16.0 Å². The summed E-state index contributed by atoms with van der Waals surface area (Å²) >= 11 is 6.11. The van der Waals surface area contributed by atoms with E-state index in [-0.39, 0.29) is 16.6 Å². The fraction of sp³-hybridized carbons (Fsp3) is 0.500. The highest BCUT2D eigenvalue weighted by Crippen LogP contribution is 2.27. The van der Waals surface area contributed by atoms with E-state index in [1.165, 1.54) is 12.1 Å². The van der Waals surface area contributed by atoms with Crippen LogP contribution in [0.2, 0.25) is 0 Å². The third-order valence-corrected chi connectivity index (χ3v) is 4.01. The van der Waals surface area contributed by atoms with Gasteiger partial charge in [-0.2, -0.15) is 0 Å². The molecule has 1 saturated carbocycles. The maximum absolute atomic E-state index is 12.0. The fourth-order valence-corrected chi connectivity index (χ4v) is 2.97. The average molecular weight is 297 g/mol. The zero-order chi connectivity index (χ0) is 14.5. The van der Waals surface area contributed by atoms with Gasteiger partial charge in [0.15, 0.2) is 0 Å². The fourth-order valence-electron chi connectivity index (χ4n) is 2.57. The van der Waals surface area contributed by atoms with Gasteiger partial charge in [0.25, 0.3) is 11.6 Å². The molecule has 108 valence electrons. The summed E-state index contributed by atoms with van der Waals surface area (Å²) in [4.78, 5) is 22.4. The molecule has 1 fully saturated rings. The van der Waals surface area contributed by atoms with Gasteiger partial charge in [-0.05, 0) is 31.2 Å². The maximum Gasteiger partial charge on any atom is 0.282 e. The molecule has 1 aliphatic rings. The first-order valence-electron chi connectivity index (χ1n) is 6.73. The molecule has 1 aromatic rings. The van der Waals surface area contributed by atoms with E-state index in [1.54, 1.807) is 12.1 Å². The molecule has 2 rings (SSSR count). The molecule has 0 saturated heterocycles. The number of alkyl halides is 1. The molecular formula is C14H17ClN2O3. The van der Waals surface area contributed by atoms with Crippen LogP contribution in [0.5, 0.6) is 0 Å². The second-order valence-corrected chi connectivity index (χ2v) is 5.73. The lowest BCUT2D eigenvalue weighted by Gasteiger charge is -2.25. The predicted molar refractivity (Wildman–Crippen MR) is 77.0 cm³/mol. The first kappa shape index (κ1) is 14.8. The van der Waals surface area contributed by atoms with Crippen LogP contribution in [0.15, 0.2) is 24.3 Å². The number of halogens is 1. The standard InChI is InChI=1S/C14H17ClN2O3/c15-11-5-3-4-10(8-11)9-16-14(18)12-6-1-2-7-13(12)17(19)20/h1-2,6-7,10-11H,3-5,8-9H2,(H,16,18). The Morgan fingerprint density at radius 2 is 2.15 bits per heavy atom. The van der Waals surface area contributed by atoms with Crippen LogP contribution in [0.4, 0.5) is 5.69 Å². The van der Waals surface area contributed by atoms with Gasteiger partial charge in [0.1, 0.15) is 5.56 Å². The molecule has 20 heavy (non-hydrogen) atoms. The lowest BCUT2D eigenvalue weighted by Crippen LogP contribution is -2.32. The van der Waals surface area contributed by atoms with Crippen molar-refractivity contribution in [3.8, 4) is 0 Å². The topological polar surface area (TPSA) is 72.2 Å². The third-order valence-electron chi connectivity index (χ3n) is 3.62. The summed E-state index contributed by atoms with van der Waals surface area (Å²) in [6, 6.07) is 5.98. The molecule has 5 nitrogen and oxygen atoms in total. The summed E-state index contributed by atoms with van der Waals surface area (Å²) < 4.78 is 0. The van der Waals surface area contributed by atoms with E-state index in [1.807, 2.05) is 0 Å². The zero-order valence-corrected chi connectivity index (χ0v) is 11.8. The van der Waals surface area contributed by atoms with Crippen molar-refractivity contribution < 1.29 is 9.72 Å². The quantitative estimate of drug-likeness (QED) is 0.527. The second kappa shape index (κ2) is 6.70. The molecule has 0 spiro atoms. The number of carbonyl (C=O) groups excluding carboxylic acids is 1. The third kappa shape index (κ3) is 3.70. The zero-order valence-electron chi connectivity index (χ0n) is 11.0. The van der Waals surface area contributed by atoms with Crippen molar-refractivity contribution in [1.29, 1.82) is 0 Å². The van der Waals surface area contributed by atoms with Gasteiger partial charge in [0.2, 0.25) is 0 Å². The van der Waals surface area contributed by atoms with Crippen molar-refractivity contribution >= 4 is 23.2 Å². The molecule has 0 heterocycles. The number of para-hydroxylation sites is 1. The van der Waals surface area contributed by atoms with E-state index < -0.39 is 10.8 Å². The number of rotatable bonds is 4. The molecule has 0 aliphatic heterocycles. The van der Waals surface area contributed by atoms with Crippen LogP contribution in [-0.4, -0.2) is 22.8 Å². The summed E-state index contributed by atoms with van der Waals surface area (Å²) in [5.74, 6) is -0.0352. The van der Waals surface area contributed by atoms with Crippen LogP contribution in [0.3, 0.4) is 0 Å². The van der Waals surface area contributed by atoms with Crippen LogP contribution in [-0.2, 0) is 0 Å². The summed E-state index contributed by atoms with van der Waals surface area (Å²) in [5.41, 5.74) is -0.0559. The van der Waals surface area contributed by atoms with Crippen molar-refractivity contribution in [2.45, 2.75) is 31.1 Å². The summed E-state index contributed by atoms with van der Waals surface area (Å²) in [5, 5.41) is 13.8. The highest BCUT2D eigenvalue weighted by molar-refractivity contribution is 6.20. The number of nitrogens with zero attached hydrogens (tertiary/aromatic N) is 1. The van der Waals surface area contributed by atoms with Crippen molar-refractivity contribution in [3.05, 3.63) is 39.9 Å². The normalized spacial score (nSPS) is 22.2. The minimum atomic E-state index is -0.537. The van der Waals surface area contributed by atoms with E-state index in [0.717, 1.165) is 25.7 Å². The van der Waals surface area contributed by atoms with Gasteiger partial charge in [0, 0.05) is 18.0 Å². The number of benzene rings is 1. The molecule has 1 aromatic carbocycles. The molecule has 1 N–H and O–H groups in total. The summed E-state index contributed by atoms with van der Waals surface area (Å²) in [6.07, 6.45) is 4.02. The van der Waals surface area contributed by atoms with Crippen molar-refractivity contribution in [2.24, 2.45) is 5.92 Å². The first-order chi connectivity index (χ1) is 9.58. The van der Waals surface area contributed by atoms with Gasteiger partial charge in [-0.25, -0.2) is 0 Å². The van der Waals surface area contributed by atoms with Crippen LogP contribution in [0.25, 0.3) is 0 Å². The van der Waals surface area contributed by atoms with E-state index in [4.69, 9.17) is 11.6 Å².